The summed E-state index contributed by atoms with van der Waals surface area (Å²) in [6.45, 7) is 6.61. The van der Waals surface area contributed by atoms with E-state index in [4.69, 9.17) is 11.6 Å². The van der Waals surface area contributed by atoms with Gasteiger partial charge >= 0.3 is 6.18 Å². The van der Waals surface area contributed by atoms with Gasteiger partial charge in [0.05, 0.1) is 12.1 Å². The molecule has 0 radical (unpaired) electrons. The molecule has 17 nitrogen and oxygen atoms in total. The summed E-state index contributed by atoms with van der Waals surface area (Å²) in [4.78, 5) is 119. The lowest BCUT2D eigenvalue weighted by Gasteiger charge is -2.36. The topological polar surface area (TPSA) is 219 Å². The van der Waals surface area contributed by atoms with Crippen molar-refractivity contribution in [2.24, 2.45) is 11.3 Å². The Hall–Kier alpha value is -5.38. The Balaban J connectivity index is 1.46. The van der Waals surface area contributed by atoms with Crippen LogP contribution >= 0.6 is 22.9 Å². The molecule has 1 aromatic carbocycles. The average Bonchev–Trinajstić information content (AvgIpc) is 3.78. The number of hydrogen-bond donors (Lipinski definition) is 5. The molecule has 2 saturated heterocycles. The van der Waals surface area contributed by atoms with Crippen molar-refractivity contribution in [3.8, 4) is 0 Å². The van der Waals surface area contributed by atoms with Crippen LogP contribution in [0.3, 0.4) is 0 Å². The molecule has 1 aliphatic carbocycles. The van der Waals surface area contributed by atoms with E-state index in [1.807, 2.05) is 20.8 Å². The monoisotopic (exact) mass is 1040 g/mol. The van der Waals surface area contributed by atoms with Crippen LogP contribution in [-0.4, -0.2) is 149 Å². The Morgan fingerprint density at radius 1 is 1.03 bits per heavy atom. The molecule has 0 bridgehead atoms. The van der Waals surface area contributed by atoms with Gasteiger partial charge in [0.15, 0.2) is 0 Å². The molecule has 1 aromatic heterocycles. The summed E-state index contributed by atoms with van der Waals surface area (Å²) in [5.74, 6) is -6.39. The Kier molecular flexibility index (Phi) is 20.2. The number of nitrogens with one attached hydrogen (secondary N) is 5. The Morgan fingerprint density at radius 3 is 2.37 bits per heavy atom. The zero-order chi connectivity index (χ0) is 52.2. The number of amides is 8. The van der Waals surface area contributed by atoms with Crippen LogP contribution in [0, 0.1) is 11.3 Å². The standard InChI is InChI=1S/C48H66ClF4N9O8S/c1-6-12-32-39(63)54-19-9-8-16-36(41(65)59-34(21-28(3)4)45(69)61(7-2)37(42(66)57-32)23-29-13-10-14-30(49)22-29)60(5)44(68)33(15-11-20-55-40(64)35-26-71-27-56-35)58-43(67)38-24-31(50)25-62(38)46(70)47(17-18-47)48(51,52)53/h10,13-14,22,26-28,31-34,36-38H,6-9,11-12,15-21,23-25H2,1-5H3,(H,54,63)(H,55,64)(H,57,66)(H,58,67)(H,59,65)/t31-,32-,33+,34+,36+,37+,38+/m1/s1. The predicted molar refractivity (Wildman–Crippen MR) is 256 cm³/mol. The van der Waals surface area contributed by atoms with Gasteiger partial charge in [0.2, 0.25) is 41.4 Å². The minimum atomic E-state index is -4.93. The summed E-state index contributed by atoms with van der Waals surface area (Å²) >= 11 is 7.52. The van der Waals surface area contributed by atoms with E-state index in [0.717, 1.165) is 4.90 Å². The van der Waals surface area contributed by atoms with E-state index in [0.29, 0.717) is 34.7 Å². The first-order chi connectivity index (χ1) is 33.6. The molecule has 23 heteroatoms. The molecular formula is C48H66ClF4N9O8S. The fourth-order valence-electron chi connectivity index (χ4n) is 9.17. The lowest BCUT2D eigenvalue weighted by molar-refractivity contribution is -0.199. The minimum Gasteiger partial charge on any atom is -0.354 e. The normalized spacial score (nSPS) is 23.9. The quantitative estimate of drug-likeness (QED) is 0.111. The highest BCUT2D eigenvalue weighted by Gasteiger charge is 2.70. The Labute approximate surface area is 420 Å². The van der Waals surface area contributed by atoms with Gasteiger partial charge in [-0.3, -0.25) is 38.4 Å². The maximum atomic E-state index is 15.0. The van der Waals surface area contributed by atoms with Crippen molar-refractivity contribution in [3.63, 3.8) is 0 Å². The molecule has 3 fully saturated rings. The van der Waals surface area contributed by atoms with Crippen LogP contribution in [0.2, 0.25) is 5.02 Å². The summed E-state index contributed by atoms with van der Waals surface area (Å²) in [7, 11) is 1.32. The maximum absolute atomic E-state index is 15.0. The van der Waals surface area contributed by atoms with Gasteiger partial charge in [-0.25, -0.2) is 9.37 Å². The largest absolute Gasteiger partial charge is 0.403 e. The number of rotatable bonds is 17. The molecule has 3 aliphatic rings. The number of likely N-dealkylation sites (tertiary alicyclic amines) is 1. The van der Waals surface area contributed by atoms with E-state index in [1.165, 1.54) is 34.2 Å². The van der Waals surface area contributed by atoms with Crippen LogP contribution in [0.25, 0.3) is 0 Å². The number of carbonyl (C=O) groups excluding carboxylic acids is 8. The summed E-state index contributed by atoms with van der Waals surface area (Å²) in [5, 5.41) is 15.7. The number of nitrogens with zero attached hydrogens (tertiary/aromatic N) is 4. The first-order valence-corrected chi connectivity index (χ1v) is 25.6. The second-order valence-electron chi connectivity index (χ2n) is 19.0. The highest BCUT2D eigenvalue weighted by Crippen LogP contribution is 2.59. The highest BCUT2D eigenvalue weighted by atomic mass is 35.5. The maximum Gasteiger partial charge on any atom is 0.403 e. The van der Waals surface area contributed by atoms with Crippen LogP contribution < -0.4 is 26.6 Å². The van der Waals surface area contributed by atoms with Gasteiger partial charge in [0.25, 0.3) is 5.91 Å². The summed E-state index contributed by atoms with van der Waals surface area (Å²) in [6.07, 6.45) is -6.99. The fourth-order valence-corrected chi connectivity index (χ4v) is 9.92. The molecule has 0 spiro atoms. The van der Waals surface area contributed by atoms with Gasteiger partial charge in [-0.15, -0.1) is 11.3 Å². The van der Waals surface area contributed by atoms with Crippen LogP contribution in [0.4, 0.5) is 17.6 Å². The zero-order valence-corrected chi connectivity index (χ0v) is 42.3. The molecule has 0 unspecified atom stereocenters. The van der Waals surface area contributed by atoms with Crippen molar-refractivity contribution in [2.75, 3.05) is 33.2 Å². The molecule has 3 heterocycles. The summed E-state index contributed by atoms with van der Waals surface area (Å²) in [5.41, 5.74) is -0.481. The van der Waals surface area contributed by atoms with Crippen molar-refractivity contribution in [1.82, 2.24) is 46.3 Å². The Morgan fingerprint density at radius 2 is 1.75 bits per heavy atom. The number of alkyl halides is 4. The molecule has 7 atom stereocenters. The second-order valence-corrected chi connectivity index (χ2v) is 20.1. The summed E-state index contributed by atoms with van der Waals surface area (Å²) < 4.78 is 57.3. The van der Waals surface area contributed by atoms with Crippen molar-refractivity contribution < 1.29 is 55.9 Å². The molecule has 2 aliphatic heterocycles. The van der Waals surface area contributed by atoms with Crippen LogP contribution in [0.15, 0.2) is 35.2 Å². The van der Waals surface area contributed by atoms with E-state index in [1.54, 1.807) is 31.2 Å². The van der Waals surface area contributed by atoms with Gasteiger partial charge in [-0.05, 0) is 88.3 Å². The van der Waals surface area contributed by atoms with Crippen molar-refractivity contribution >= 4 is 70.2 Å². The van der Waals surface area contributed by atoms with E-state index in [-0.39, 0.29) is 69.8 Å². The fraction of sp³-hybridized carbons (Fsp3) is 0.646. The molecule has 5 N–H and O–H groups in total. The van der Waals surface area contributed by atoms with E-state index >= 15 is 0 Å². The third kappa shape index (κ3) is 14.6. The predicted octanol–water partition coefficient (Wildman–Crippen LogP) is 4.48. The first kappa shape index (κ1) is 56.5. The van der Waals surface area contributed by atoms with Gasteiger partial charge in [0.1, 0.15) is 53.5 Å². The number of benzene rings is 1. The number of likely N-dealkylation sites (N-methyl/N-ethyl adjacent to an activating group) is 2. The van der Waals surface area contributed by atoms with Gasteiger partial charge in [-0.2, -0.15) is 13.2 Å². The van der Waals surface area contributed by atoms with E-state index in [9.17, 15) is 55.9 Å². The summed E-state index contributed by atoms with van der Waals surface area (Å²) in [6, 6.07) is -1.02. The van der Waals surface area contributed by atoms with E-state index in [2.05, 4.69) is 31.6 Å². The number of thiazole rings is 1. The lowest BCUT2D eigenvalue weighted by Crippen LogP contribution is -2.61. The molecule has 1 saturated carbocycles. The SMILES string of the molecule is CCC[C@H]1NC(=O)[C@H](Cc2cccc(Cl)c2)N(CC)C(=O)[C@H](CC(C)C)NC(=O)[C@@H](N(C)C(=O)[C@H](CCCNC(=O)c2cscn2)NC(=O)[C@@H]2C[C@@H](F)CN2C(=O)C2(C(F)(F)F)CC2)CCCCNC1=O. The highest BCUT2D eigenvalue weighted by molar-refractivity contribution is 7.07. The average molecular weight is 1040 g/mol. The Bertz CT molecular complexity index is 2220. The number of carbonyl (C=O) groups is 8. The smallest absolute Gasteiger partial charge is 0.354 e. The van der Waals surface area contributed by atoms with Gasteiger partial charge in [-0.1, -0.05) is 50.9 Å². The third-order valence-corrected chi connectivity index (χ3v) is 14.0. The van der Waals surface area contributed by atoms with Gasteiger partial charge < -0.3 is 41.3 Å². The van der Waals surface area contributed by atoms with Crippen molar-refractivity contribution in [1.29, 1.82) is 0 Å². The molecular weight excluding hydrogens is 974 g/mol. The molecule has 2 aromatic rings. The van der Waals surface area contributed by atoms with E-state index < -0.39 is 127 Å². The first-order valence-electron chi connectivity index (χ1n) is 24.3. The van der Waals surface area contributed by atoms with Crippen molar-refractivity contribution in [2.45, 2.75) is 153 Å². The van der Waals surface area contributed by atoms with Crippen LogP contribution in [0.5, 0.6) is 0 Å². The minimum absolute atomic E-state index is 0.00509. The number of hydrogen-bond acceptors (Lipinski definition) is 10. The third-order valence-electron chi connectivity index (χ3n) is 13.2. The number of halogens is 5. The lowest BCUT2D eigenvalue weighted by atomic mass is 9.97. The molecule has 5 rings (SSSR count). The second kappa shape index (κ2) is 25.3. The number of aromatic nitrogens is 1. The molecule has 392 valence electrons. The van der Waals surface area contributed by atoms with Crippen molar-refractivity contribution in [3.05, 3.63) is 51.4 Å². The van der Waals surface area contributed by atoms with Crippen LogP contribution in [0.1, 0.15) is 114 Å². The van der Waals surface area contributed by atoms with Gasteiger partial charge in [0, 0.05) is 49.9 Å². The zero-order valence-electron chi connectivity index (χ0n) is 40.7. The molecule has 71 heavy (non-hydrogen) atoms. The molecule has 8 amide bonds. The van der Waals surface area contributed by atoms with Crippen LogP contribution in [-0.2, 0) is 40.0 Å².